The minimum Gasteiger partial charge on any atom is -0.494 e. The number of anilines is 1. The molecule has 1 aromatic rings. The Morgan fingerprint density at radius 1 is 0.778 bits per heavy atom. The summed E-state index contributed by atoms with van der Waals surface area (Å²) in [5, 5.41) is 2.84. The summed E-state index contributed by atoms with van der Waals surface area (Å²) in [7, 11) is -4.27. The Morgan fingerprint density at radius 2 is 1.28 bits per heavy atom. The average molecular weight is 526 g/mol. The van der Waals surface area contributed by atoms with Gasteiger partial charge in [-0.3, -0.25) is 9.36 Å². The molecule has 0 heterocycles. The van der Waals surface area contributed by atoms with Crippen molar-refractivity contribution in [3.05, 3.63) is 23.8 Å². The first-order valence-electron chi connectivity index (χ1n) is 14.5. The number of amides is 1. The van der Waals surface area contributed by atoms with Crippen molar-refractivity contribution in [1.29, 1.82) is 0 Å². The molecule has 3 N–H and O–H groups in total. The number of carbonyl (C=O) groups is 1. The van der Waals surface area contributed by atoms with Gasteiger partial charge in [-0.15, -0.1) is 0 Å². The smallest absolute Gasteiger partial charge is 0.329 e. The van der Waals surface area contributed by atoms with Gasteiger partial charge in [-0.05, 0) is 36.6 Å². The van der Waals surface area contributed by atoms with Gasteiger partial charge in [0.15, 0.2) is 0 Å². The maximum atomic E-state index is 12.4. The van der Waals surface area contributed by atoms with Gasteiger partial charge in [0.05, 0.1) is 12.8 Å². The quantitative estimate of drug-likeness (QED) is 0.0980. The fraction of sp³-hybridized carbons (Fsp3) is 0.759. The van der Waals surface area contributed by atoms with Gasteiger partial charge in [-0.25, -0.2) is 0 Å². The van der Waals surface area contributed by atoms with Crippen molar-refractivity contribution in [2.75, 3.05) is 11.9 Å². The highest BCUT2D eigenvalue weighted by molar-refractivity contribution is 7.50. The Hall–Kier alpha value is -1.36. The van der Waals surface area contributed by atoms with Gasteiger partial charge in [0.2, 0.25) is 5.91 Å². The van der Waals surface area contributed by atoms with E-state index in [9.17, 15) is 19.1 Å². The Morgan fingerprint density at radius 3 is 1.78 bits per heavy atom. The first kappa shape index (κ1) is 32.7. The van der Waals surface area contributed by atoms with E-state index in [4.69, 9.17) is 4.74 Å². The fourth-order valence-electron chi connectivity index (χ4n) is 4.34. The van der Waals surface area contributed by atoms with Crippen molar-refractivity contribution in [2.45, 2.75) is 136 Å². The number of rotatable bonds is 23. The molecule has 36 heavy (non-hydrogen) atoms. The lowest BCUT2D eigenvalue weighted by Crippen LogP contribution is -2.13. The largest absolute Gasteiger partial charge is 0.494 e. The molecule has 0 saturated carbocycles. The van der Waals surface area contributed by atoms with Crippen molar-refractivity contribution in [1.82, 2.24) is 0 Å². The molecule has 7 heteroatoms. The van der Waals surface area contributed by atoms with E-state index >= 15 is 0 Å². The zero-order chi connectivity index (χ0) is 26.5. The predicted octanol–water partition coefficient (Wildman–Crippen LogP) is 8.74. The van der Waals surface area contributed by atoms with Crippen LogP contribution in [0, 0.1) is 0 Å². The van der Waals surface area contributed by atoms with Gasteiger partial charge >= 0.3 is 7.60 Å². The highest BCUT2D eigenvalue weighted by atomic mass is 31.2. The summed E-state index contributed by atoms with van der Waals surface area (Å²) in [5.41, 5.74) is 0.856. The van der Waals surface area contributed by atoms with E-state index in [0.717, 1.165) is 32.1 Å². The maximum Gasteiger partial charge on any atom is 0.329 e. The first-order valence-corrected chi connectivity index (χ1v) is 16.3. The molecule has 0 spiro atoms. The van der Waals surface area contributed by atoms with Crippen LogP contribution in [0.2, 0.25) is 0 Å². The molecule has 1 aromatic carbocycles. The third-order valence-electron chi connectivity index (χ3n) is 6.50. The number of benzene rings is 1. The SMILES string of the molecule is CCCCCCCCCCCCCCCCCC(=O)Nc1ccc(OCCCC)cc1CP(=O)(O)O. The van der Waals surface area contributed by atoms with E-state index in [1.54, 1.807) is 18.2 Å². The second-order valence-electron chi connectivity index (χ2n) is 10.1. The van der Waals surface area contributed by atoms with Crippen molar-refractivity contribution in [2.24, 2.45) is 0 Å². The van der Waals surface area contributed by atoms with E-state index in [0.29, 0.717) is 30.0 Å². The average Bonchev–Trinajstić information content (AvgIpc) is 2.82. The highest BCUT2D eigenvalue weighted by Crippen LogP contribution is 2.42. The van der Waals surface area contributed by atoms with E-state index in [1.807, 2.05) is 0 Å². The summed E-state index contributed by atoms with van der Waals surface area (Å²) in [6, 6.07) is 5.04. The Kier molecular flexibility index (Phi) is 18.8. The number of nitrogens with one attached hydrogen (secondary N) is 1. The second-order valence-corrected chi connectivity index (χ2v) is 11.7. The Bertz CT molecular complexity index is 749. The zero-order valence-corrected chi connectivity index (χ0v) is 23.8. The van der Waals surface area contributed by atoms with Gasteiger partial charge in [-0.2, -0.15) is 0 Å². The van der Waals surface area contributed by atoms with Crippen LogP contribution in [0.1, 0.15) is 135 Å². The standard InChI is InChI=1S/C29H52NO5P/c1-3-5-7-8-9-10-11-12-13-14-15-16-17-18-19-20-29(31)30-28-22-21-27(35-23-6-4-2)24-26(28)25-36(32,33)34/h21-22,24H,3-20,23,25H2,1-2H3,(H,30,31)(H2,32,33,34). The normalized spacial score (nSPS) is 11.6. The highest BCUT2D eigenvalue weighted by Gasteiger charge is 2.18. The molecule has 0 aliphatic carbocycles. The van der Waals surface area contributed by atoms with Crippen molar-refractivity contribution in [3.63, 3.8) is 0 Å². The summed E-state index contributed by atoms with van der Waals surface area (Å²) >= 11 is 0. The minimum absolute atomic E-state index is 0.115. The van der Waals surface area contributed by atoms with Gasteiger partial charge < -0.3 is 19.8 Å². The summed E-state index contributed by atoms with van der Waals surface area (Å²) in [5.74, 6) is 0.448. The predicted molar refractivity (Wildman–Crippen MR) is 151 cm³/mol. The van der Waals surface area contributed by atoms with Gasteiger partial charge in [0.1, 0.15) is 5.75 Å². The van der Waals surface area contributed by atoms with E-state index in [-0.39, 0.29) is 5.91 Å². The van der Waals surface area contributed by atoms with Gasteiger partial charge in [0.25, 0.3) is 0 Å². The summed E-state index contributed by atoms with van der Waals surface area (Å²) in [6.07, 6.45) is 21.1. The zero-order valence-electron chi connectivity index (χ0n) is 22.9. The van der Waals surface area contributed by atoms with Crippen LogP contribution < -0.4 is 10.1 Å². The van der Waals surface area contributed by atoms with Crippen LogP contribution >= 0.6 is 7.60 Å². The van der Waals surface area contributed by atoms with Crippen molar-refractivity contribution < 1.29 is 23.9 Å². The molecule has 0 radical (unpaired) electrons. The number of unbranched alkanes of at least 4 members (excludes halogenated alkanes) is 15. The van der Waals surface area contributed by atoms with Crippen LogP contribution in [-0.2, 0) is 15.5 Å². The molecule has 0 aliphatic heterocycles. The lowest BCUT2D eigenvalue weighted by molar-refractivity contribution is -0.116. The maximum absolute atomic E-state index is 12.4. The van der Waals surface area contributed by atoms with Crippen LogP contribution in [0.3, 0.4) is 0 Å². The molecule has 1 rings (SSSR count). The summed E-state index contributed by atoms with van der Waals surface area (Å²) < 4.78 is 17.2. The van der Waals surface area contributed by atoms with Crippen LogP contribution in [0.25, 0.3) is 0 Å². The second kappa shape index (κ2) is 20.7. The number of hydrogen-bond donors (Lipinski definition) is 3. The van der Waals surface area contributed by atoms with Crippen LogP contribution in [0.5, 0.6) is 5.75 Å². The number of carbonyl (C=O) groups excluding carboxylic acids is 1. The summed E-state index contributed by atoms with van der Waals surface area (Å²) in [4.78, 5) is 31.3. The van der Waals surface area contributed by atoms with Crippen molar-refractivity contribution in [3.8, 4) is 5.75 Å². The van der Waals surface area contributed by atoms with E-state index < -0.39 is 13.8 Å². The number of hydrogen-bond acceptors (Lipinski definition) is 3. The fourth-order valence-corrected chi connectivity index (χ4v) is 5.04. The van der Waals surface area contributed by atoms with E-state index in [1.165, 1.54) is 77.0 Å². The Labute approximate surface area is 220 Å². The molecule has 0 fully saturated rings. The number of ether oxygens (including phenoxy) is 1. The lowest BCUT2D eigenvalue weighted by Gasteiger charge is -2.14. The summed E-state index contributed by atoms with van der Waals surface area (Å²) in [6.45, 7) is 4.88. The van der Waals surface area contributed by atoms with Crippen LogP contribution in [0.4, 0.5) is 5.69 Å². The van der Waals surface area contributed by atoms with Gasteiger partial charge in [-0.1, -0.05) is 110 Å². The van der Waals surface area contributed by atoms with Crippen LogP contribution in [-0.4, -0.2) is 22.3 Å². The molecular weight excluding hydrogens is 473 g/mol. The topological polar surface area (TPSA) is 95.9 Å². The lowest BCUT2D eigenvalue weighted by atomic mass is 10.0. The third-order valence-corrected chi connectivity index (χ3v) is 7.25. The molecule has 1 amide bonds. The molecule has 0 unspecified atom stereocenters. The minimum atomic E-state index is -4.27. The molecule has 0 bridgehead atoms. The molecule has 0 aromatic heterocycles. The molecule has 6 nitrogen and oxygen atoms in total. The van der Waals surface area contributed by atoms with Crippen LogP contribution in [0.15, 0.2) is 18.2 Å². The molecular formula is C29H52NO5P. The van der Waals surface area contributed by atoms with E-state index in [2.05, 4.69) is 19.2 Å². The molecule has 0 atom stereocenters. The molecule has 0 saturated heterocycles. The molecule has 208 valence electrons. The Balaban J connectivity index is 2.20. The van der Waals surface area contributed by atoms with Gasteiger partial charge in [0, 0.05) is 12.1 Å². The molecule has 0 aliphatic rings. The third kappa shape index (κ3) is 18.0. The first-order chi connectivity index (χ1) is 17.4. The van der Waals surface area contributed by atoms with Crippen molar-refractivity contribution >= 4 is 19.2 Å². The monoisotopic (exact) mass is 525 g/mol.